The molecule has 2 rings (SSSR count). The molecule has 0 fully saturated rings. The molecule has 2 aromatic rings. The fourth-order valence-electron chi connectivity index (χ4n) is 2.51. The van der Waals surface area contributed by atoms with E-state index < -0.39 is 0 Å². The van der Waals surface area contributed by atoms with E-state index in [1.807, 2.05) is 16.8 Å². The highest BCUT2D eigenvalue weighted by Crippen LogP contribution is 2.20. The number of hydrogen-bond acceptors (Lipinski definition) is 4. The fourth-order valence-corrected chi connectivity index (χ4v) is 2.51. The summed E-state index contributed by atoms with van der Waals surface area (Å²) >= 11 is 0. The van der Waals surface area contributed by atoms with Gasteiger partial charge in [-0.1, -0.05) is 30.3 Å². The standard InChI is InChI=1S/C16H24N4O/c1-5-17-12(2)16-13(3)20(19-18-16)15-9-7-6-8-14(15)10-11-21-4/h6-9,12,17H,5,10-11H2,1-4H3. The summed E-state index contributed by atoms with van der Waals surface area (Å²) in [7, 11) is 1.72. The van der Waals surface area contributed by atoms with Crippen LogP contribution in [0.4, 0.5) is 0 Å². The Morgan fingerprint density at radius 1 is 1.33 bits per heavy atom. The van der Waals surface area contributed by atoms with Crippen LogP contribution in [0.2, 0.25) is 0 Å². The highest BCUT2D eigenvalue weighted by atomic mass is 16.5. The largest absolute Gasteiger partial charge is 0.384 e. The number of methoxy groups -OCH3 is 1. The van der Waals surface area contributed by atoms with E-state index in [0.717, 1.165) is 30.0 Å². The summed E-state index contributed by atoms with van der Waals surface area (Å²) in [5, 5.41) is 12.1. The van der Waals surface area contributed by atoms with Crippen molar-refractivity contribution in [2.45, 2.75) is 33.2 Å². The van der Waals surface area contributed by atoms with Gasteiger partial charge < -0.3 is 10.1 Å². The maximum atomic E-state index is 5.19. The van der Waals surface area contributed by atoms with Crippen LogP contribution in [-0.4, -0.2) is 35.3 Å². The van der Waals surface area contributed by atoms with Crippen LogP contribution in [0.3, 0.4) is 0 Å². The second-order valence-corrected chi connectivity index (χ2v) is 5.12. The van der Waals surface area contributed by atoms with Gasteiger partial charge in [0.05, 0.1) is 24.0 Å². The Labute approximate surface area is 126 Å². The molecule has 0 aliphatic heterocycles. The summed E-state index contributed by atoms with van der Waals surface area (Å²) in [5.74, 6) is 0. The first kappa shape index (κ1) is 15.7. The van der Waals surface area contributed by atoms with Crippen LogP contribution in [0.5, 0.6) is 0 Å². The van der Waals surface area contributed by atoms with E-state index in [1.165, 1.54) is 5.56 Å². The molecule has 0 saturated carbocycles. The van der Waals surface area contributed by atoms with Crippen LogP contribution in [-0.2, 0) is 11.2 Å². The summed E-state index contributed by atoms with van der Waals surface area (Å²) in [5.41, 5.74) is 4.37. The highest BCUT2D eigenvalue weighted by Gasteiger charge is 2.16. The maximum Gasteiger partial charge on any atom is 0.103 e. The lowest BCUT2D eigenvalue weighted by Gasteiger charge is -2.12. The quantitative estimate of drug-likeness (QED) is 0.850. The van der Waals surface area contributed by atoms with Gasteiger partial charge in [0.1, 0.15) is 5.69 Å². The van der Waals surface area contributed by atoms with E-state index in [4.69, 9.17) is 4.74 Å². The Hall–Kier alpha value is -1.72. The second-order valence-electron chi connectivity index (χ2n) is 5.12. The molecule has 5 heteroatoms. The third kappa shape index (κ3) is 3.49. The predicted octanol–water partition coefficient (Wildman–Crippen LogP) is 2.44. The minimum atomic E-state index is 0.204. The number of nitrogens with one attached hydrogen (secondary N) is 1. The van der Waals surface area contributed by atoms with Gasteiger partial charge in [-0.2, -0.15) is 0 Å². The fraction of sp³-hybridized carbons (Fsp3) is 0.500. The molecule has 1 unspecified atom stereocenters. The molecule has 0 aliphatic rings. The summed E-state index contributed by atoms with van der Waals surface area (Å²) in [6, 6.07) is 8.47. The van der Waals surface area contributed by atoms with Gasteiger partial charge in [0, 0.05) is 7.11 Å². The number of hydrogen-bond donors (Lipinski definition) is 1. The van der Waals surface area contributed by atoms with E-state index in [-0.39, 0.29) is 6.04 Å². The lowest BCUT2D eigenvalue weighted by molar-refractivity contribution is 0.202. The average molecular weight is 288 g/mol. The van der Waals surface area contributed by atoms with Crippen LogP contribution >= 0.6 is 0 Å². The smallest absolute Gasteiger partial charge is 0.103 e. The van der Waals surface area contributed by atoms with Gasteiger partial charge in [0.15, 0.2) is 0 Å². The number of aromatic nitrogens is 3. The van der Waals surface area contributed by atoms with Crippen molar-refractivity contribution >= 4 is 0 Å². The van der Waals surface area contributed by atoms with Gasteiger partial charge in [-0.15, -0.1) is 5.10 Å². The molecule has 0 radical (unpaired) electrons. The summed E-state index contributed by atoms with van der Waals surface area (Å²) in [6.45, 7) is 7.89. The number of nitrogens with zero attached hydrogens (tertiary/aromatic N) is 3. The van der Waals surface area contributed by atoms with Crippen LogP contribution in [0.1, 0.15) is 36.8 Å². The summed E-state index contributed by atoms with van der Waals surface area (Å²) < 4.78 is 7.11. The zero-order chi connectivity index (χ0) is 15.2. The van der Waals surface area contributed by atoms with E-state index in [0.29, 0.717) is 6.61 Å². The second kappa shape index (κ2) is 7.33. The van der Waals surface area contributed by atoms with Gasteiger partial charge in [-0.25, -0.2) is 4.68 Å². The van der Waals surface area contributed by atoms with Crippen LogP contribution in [0.25, 0.3) is 5.69 Å². The molecule has 0 amide bonds. The maximum absolute atomic E-state index is 5.19. The van der Waals surface area contributed by atoms with Crippen LogP contribution in [0.15, 0.2) is 24.3 Å². The normalized spacial score (nSPS) is 12.6. The number of rotatable bonds is 7. The Kier molecular flexibility index (Phi) is 5.47. The molecule has 0 bridgehead atoms. The minimum absolute atomic E-state index is 0.204. The molecule has 0 aliphatic carbocycles. The van der Waals surface area contributed by atoms with E-state index >= 15 is 0 Å². The van der Waals surface area contributed by atoms with Crippen molar-refractivity contribution in [3.63, 3.8) is 0 Å². The molecule has 0 saturated heterocycles. The van der Waals surface area contributed by atoms with Gasteiger partial charge in [0.25, 0.3) is 0 Å². The lowest BCUT2D eigenvalue weighted by atomic mass is 10.1. The summed E-state index contributed by atoms with van der Waals surface area (Å²) in [4.78, 5) is 0. The van der Waals surface area contributed by atoms with E-state index in [9.17, 15) is 0 Å². The monoisotopic (exact) mass is 288 g/mol. The Bertz CT molecular complexity index is 579. The molecule has 1 aromatic heterocycles. The molecule has 1 N–H and O–H groups in total. The summed E-state index contributed by atoms with van der Waals surface area (Å²) in [6.07, 6.45) is 0.865. The molecule has 114 valence electrons. The molecule has 5 nitrogen and oxygen atoms in total. The van der Waals surface area contributed by atoms with Crippen molar-refractivity contribution in [2.24, 2.45) is 0 Å². The van der Waals surface area contributed by atoms with Crippen molar-refractivity contribution in [3.05, 3.63) is 41.2 Å². The zero-order valence-electron chi connectivity index (χ0n) is 13.3. The van der Waals surface area contributed by atoms with E-state index in [2.05, 4.69) is 48.5 Å². The first-order valence-corrected chi connectivity index (χ1v) is 7.41. The molecule has 1 heterocycles. The highest BCUT2D eigenvalue weighted by molar-refractivity contribution is 5.42. The van der Waals surface area contributed by atoms with Crippen molar-refractivity contribution in [2.75, 3.05) is 20.3 Å². The SMILES string of the molecule is CCNC(C)c1nnn(-c2ccccc2CCOC)c1C. The van der Waals surface area contributed by atoms with Gasteiger partial charge in [-0.05, 0) is 38.4 Å². The first-order valence-electron chi connectivity index (χ1n) is 7.41. The average Bonchev–Trinajstić information content (AvgIpc) is 2.87. The number of benzene rings is 1. The Balaban J connectivity index is 2.34. The molecule has 1 aromatic carbocycles. The van der Waals surface area contributed by atoms with Crippen molar-refractivity contribution in [1.29, 1.82) is 0 Å². The molecule has 21 heavy (non-hydrogen) atoms. The molecular weight excluding hydrogens is 264 g/mol. The molecule has 0 spiro atoms. The van der Waals surface area contributed by atoms with E-state index in [1.54, 1.807) is 7.11 Å². The van der Waals surface area contributed by atoms with Crippen molar-refractivity contribution in [1.82, 2.24) is 20.3 Å². The van der Waals surface area contributed by atoms with Crippen LogP contribution < -0.4 is 5.32 Å². The molecule has 1 atom stereocenters. The predicted molar refractivity (Wildman–Crippen MR) is 83.8 cm³/mol. The third-order valence-corrected chi connectivity index (χ3v) is 3.65. The van der Waals surface area contributed by atoms with Gasteiger partial charge in [-0.3, -0.25) is 0 Å². The Morgan fingerprint density at radius 2 is 2.10 bits per heavy atom. The minimum Gasteiger partial charge on any atom is -0.384 e. The van der Waals surface area contributed by atoms with Gasteiger partial charge in [0.2, 0.25) is 0 Å². The van der Waals surface area contributed by atoms with Crippen LogP contribution in [0, 0.1) is 6.92 Å². The first-order chi connectivity index (χ1) is 10.2. The van der Waals surface area contributed by atoms with Gasteiger partial charge >= 0.3 is 0 Å². The Morgan fingerprint density at radius 3 is 2.81 bits per heavy atom. The third-order valence-electron chi connectivity index (χ3n) is 3.65. The number of ether oxygens (including phenoxy) is 1. The molecular formula is C16H24N4O. The lowest BCUT2D eigenvalue weighted by Crippen LogP contribution is -2.19. The zero-order valence-corrected chi connectivity index (χ0v) is 13.3. The van der Waals surface area contributed by atoms with Crippen molar-refractivity contribution in [3.8, 4) is 5.69 Å². The topological polar surface area (TPSA) is 52.0 Å². The number of para-hydroxylation sites is 1. The van der Waals surface area contributed by atoms with Crippen molar-refractivity contribution < 1.29 is 4.74 Å².